The highest BCUT2D eigenvalue weighted by molar-refractivity contribution is 6.24. The number of amides is 2. The minimum atomic E-state index is -1.04. The third kappa shape index (κ3) is 7.08. The summed E-state index contributed by atoms with van der Waals surface area (Å²) in [5.74, 6) is -3.42. The molecule has 2 aromatic carbocycles. The summed E-state index contributed by atoms with van der Waals surface area (Å²) < 4.78 is 39.9. The van der Waals surface area contributed by atoms with Crippen molar-refractivity contribution in [1.29, 1.82) is 0 Å². The number of rotatable bonds is 9. The third-order valence-electron chi connectivity index (χ3n) is 4.15. The van der Waals surface area contributed by atoms with E-state index in [4.69, 9.17) is 5.21 Å². The van der Waals surface area contributed by atoms with Crippen molar-refractivity contribution >= 4 is 23.5 Å². The van der Waals surface area contributed by atoms with E-state index in [0.29, 0.717) is 31.4 Å². The zero-order chi connectivity index (χ0) is 21.2. The molecule has 0 aromatic heterocycles. The molecule has 0 aliphatic heterocycles. The molecule has 29 heavy (non-hydrogen) atoms. The summed E-state index contributed by atoms with van der Waals surface area (Å²) in [5.41, 5.74) is 2.44. The van der Waals surface area contributed by atoms with E-state index in [0.717, 1.165) is 12.1 Å². The van der Waals surface area contributed by atoms with Crippen molar-refractivity contribution in [2.75, 3.05) is 6.54 Å². The first kappa shape index (κ1) is 22.2. The number of benzene rings is 2. The minimum Gasteiger partial charge on any atom is -0.352 e. The second-order valence-corrected chi connectivity index (χ2v) is 6.34. The fraction of sp³-hybridized carbons (Fsp3) is 0.238. The van der Waals surface area contributed by atoms with E-state index in [1.165, 1.54) is 36.4 Å². The Morgan fingerprint density at radius 2 is 1.66 bits per heavy atom. The van der Waals surface area contributed by atoms with Crippen LogP contribution in [-0.2, 0) is 9.59 Å². The van der Waals surface area contributed by atoms with Gasteiger partial charge in [-0.1, -0.05) is 24.6 Å². The molecule has 0 spiro atoms. The summed E-state index contributed by atoms with van der Waals surface area (Å²) in [7, 11) is 0. The molecule has 2 amide bonds. The van der Waals surface area contributed by atoms with Crippen molar-refractivity contribution in [3.63, 3.8) is 0 Å². The van der Waals surface area contributed by atoms with Crippen LogP contribution in [0.5, 0.6) is 0 Å². The van der Waals surface area contributed by atoms with Gasteiger partial charge in [-0.2, -0.15) is 0 Å². The molecule has 0 aliphatic carbocycles. The number of carbonyl (C=O) groups is 2. The number of halogens is 3. The Labute approximate surface area is 166 Å². The molecule has 5 nitrogen and oxygen atoms in total. The minimum absolute atomic E-state index is 0.177. The van der Waals surface area contributed by atoms with E-state index >= 15 is 0 Å². The van der Waals surface area contributed by atoms with E-state index < -0.39 is 29.3 Å². The monoisotopic (exact) mass is 406 g/mol. The van der Waals surface area contributed by atoms with Crippen molar-refractivity contribution in [2.45, 2.75) is 25.7 Å². The molecule has 0 fully saturated rings. The quantitative estimate of drug-likeness (QED) is 0.195. The Balaban J connectivity index is 2.08. The molecule has 2 aromatic rings. The van der Waals surface area contributed by atoms with Gasteiger partial charge >= 0.3 is 0 Å². The summed E-state index contributed by atoms with van der Waals surface area (Å²) in [5, 5.41) is 11.1. The predicted molar refractivity (Wildman–Crippen MR) is 102 cm³/mol. The summed E-state index contributed by atoms with van der Waals surface area (Å²) in [6.45, 7) is 0.329. The first-order valence-corrected chi connectivity index (χ1v) is 9.04. The van der Waals surface area contributed by atoms with Crippen molar-refractivity contribution < 1.29 is 28.0 Å². The van der Waals surface area contributed by atoms with E-state index in [1.54, 1.807) is 5.48 Å². The second kappa shape index (κ2) is 11.0. The van der Waals surface area contributed by atoms with Crippen LogP contribution in [-0.4, -0.2) is 23.6 Å². The smallest absolute Gasteiger partial charge is 0.251 e. The fourth-order valence-corrected chi connectivity index (χ4v) is 2.62. The maximum atomic E-state index is 13.5. The van der Waals surface area contributed by atoms with Gasteiger partial charge in [-0.05, 0) is 54.3 Å². The highest BCUT2D eigenvalue weighted by atomic mass is 19.2. The molecule has 154 valence electrons. The van der Waals surface area contributed by atoms with Crippen LogP contribution in [0.3, 0.4) is 0 Å². The second-order valence-electron chi connectivity index (χ2n) is 6.34. The van der Waals surface area contributed by atoms with Crippen LogP contribution in [0.4, 0.5) is 13.2 Å². The predicted octanol–water partition coefficient (Wildman–Crippen LogP) is 3.83. The lowest BCUT2D eigenvalue weighted by Crippen LogP contribution is -2.25. The van der Waals surface area contributed by atoms with Crippen LogP contribution < -0.4 is 10.8 Å². The standard InChI is InChI=1S/C21H21F3N2O3/c22-16-8-6-15(7-9-16)17(12-14-5-10-18(23)19(24)13-14)21(28)25-11-3-1-2-4-20(27)26-29/h5-10,12-13,29H,1-4,11H2,(H,25,28)(H,26,27)/b17-12+. The molecule has 0 unspecified atom stereocenters. The first-order valence-electron chi connectivity index (χ1n) is 9.04. The van der Waals surface area contributed by atoms with Gasteiger partial charge in [-0.25, -0.2) is 18.7 Å². The summed E-state index contributed by atoms with van der Waals surface area (Å²) in [4.78, 5) is 23.6. The topological polar surface area (TPSA) is 78.4 Å². The van der Waals surface area contributed by atoms with Gasteiger partial charge in [-0.3, -0.25) is 14.8 Å². The molecule has 0 saturated heterocycles. The number of hydrogen-bond donors (Lipinski definition) is 3. The third-order valence-corrected chi connectivity index (χ3v) is 4.15. The van der Waals surface area contributed by atoms with Crippen molar-refractivity contribution in [3.8, 4) is 0 Å². The number of nitrogens with one attached hydrogen (secondary N) is 2. The molecule has 8 heteroatoms. The Hall–Kier alpha value is -3.13. The molecule has 0 aliphatic rings. The van der Waals surface area contributed by atoms with Crippen molar-refractivity contribution in [1.82, 2.24) is 10.8 Å². The van der Waals surface area contributed by atoms with Gasteiger partial charge < -0.3 is 5.32 Å². The fourth-order valence-electron chi connectivity index (χ4n) is 2.62. The molecule has 0 radical (unpaired) electrons. The highest BCUT2D eigenvalue weighted by Crippen LogP contribution is 2.20. The van der Waals surface area contributed by atoms with Gasteiger partial charge in [0.25, 0.3) is 5.91 Å². The average Bonchev–Trinajstić information content (AvgIpc) is 2.71. The van der Waals surface area contributed by atoms with E-state index in [2.05, 4.69) is 5.32 Å². The molecule has 0 heterocycles. The lowest BCUT2D eigenvalue weighted by molar-refractivity contribution is -0.129. The van der Waals surface area contributed by atoms with E-state index in [9.17, 15) is 22.8 Å². The van der Waals surface area contributed by atoms with Gasteiger partial charge in [0, 0.05) is 18.5 Å². The van der Waals surface area contributed by atoms with Crippen LogP contribution in [0, 0.1) is 17.5 Å². The Morgan fingerprint density at radius 1 is 0.931 bits per heavy atom. The van der Waals surface area contributed by atoms with Crippen molar-refractivity contribution in [2.24, 2.45) is 0 Å². The SMILES string of the molecule is O=C(CCCCCNC(=O)/C(=C/c1ccc(F)c(F)c1)c1ccc(F)cc1)NO. The Morgan fingerprint density at radius 3 is 2.31 bits per heavy atom. The average molecular weight is 406 g/mol. The van der Waals surface area contributed by atoms with Gasteiger partial charge in [0.05, 0.1) is 0 Å². The number of carbonyl (C=O) groups excluding carboxylic acids is 2. The van der Waals surface area contributed by atoms with Crippen LogP contribution in [0.1, 0.15) is 36.8 Å². The Kier molecular flexibility index (Phi) is 8.42. The number of hydroxylamine groups is 1. The zero-order valence-corrected chi connectivity index (χ0v) is 15.6. The Bertz CT molecular complexity index is 883. The lowest BCUT2D eigenvalue weighted by Gasteiger charge is -2.10. The normalized spacial score (nSPS) is 11.2. The van der Waals surface area contributed by atoms with E-state index in [1.807, 2.05) is 0 Å². The maximum Gasteiger partial charge on any atom is 0.251 e. The summed E-state index contributed by atoms with van der Waals surface area (Å²) in [6, 6.07) is 8.52. The van der Waals surface area contributed by atoms with Crippen LogP contribution >= 0.6 is 0 Å². The highest BCUT2D eigenvalue weighted by Gasteiger charge is 2.13. The summed E-state index contributed by atoms with van der Waals surface area (Å²) in [6.07, 6.45) is 3.40. The van der Waals surface area contributed by atoms with Crippen LogP contribution in [0.15, 0.2) is 42.5 Å². The van der Waals surface area contributed by atoms with Gasteiger partial charge in [0.2, 0.25) is 5.91 Å². The lowest BCUT2D eigenvalue weighted by atomic mass is 10.0. The molecular formula is C21H21F3N2O3. The van der Waals surface area contributed by atoms with Gasteiger partial charge in [-0.15, -0.1) is 0 Å². The summed E-state index contributed by atoms with van der Waals surface area (Å²) >= 11 is 0. The van der Waals surface area contributed by atoms with E-state index in [-0.39, 0.29) is 17.6 Å². The molecule has 2 rings (SSSR count). The zero-order valence-electron chi connectivity index (χ0n) is 15.6. The largest absolute Gasteiger partial charge is 0.352 e. The number of unbranched alkanes of at least 4 members (excludes halogenated alkanes) is 2. The van der Waals surface area contributed by atoms with Crippen LogP contribution in [0.25, 0.3) is 11.6 Å². The molecule has 0 saturated carbocycles. The molecule has 3 N–H and O–H groups in total. The van der Waals surface area contributed by atoms with Gasteiger partial charge in [0.1, 0.15) is 5.82 Å². The maximum absolute atomic E-state index is 13.5. The van der Waals surface area contributed by atoms with Crippen LogP contribution in [0.2, 0.25) is 0 Å². The van der Waals surface area contributed by atoms with Gasteiger partial charge in [0.15, 0.2) is 11.6 Å². The molecule has 0 bridgehead atoms. The van der Waals surface area contributed by atoms with Crippen molar-refractivity contribution in [3.05, 3.63) is 71.0 Å². The molecular weight excluding hydrogens is 385 g/mol. The molecule has 0 atom stereocenters. The number of hydrogen-bond acceptors (Lipinski definition) is 3. The first-order chi connectivity index (χ1) is 13.9.